The molecule has 0 aromatic heterocycles. The Kier molecular flexibility index (Phi) is 5.11. The molecule has 2 amide bonds. The van der Waals surface area contributed by atoms with Gasteiger partial charge in [0.1, 0.15) is 5.75 Å². The molecule has 0 saturated carbocycles. The number of anilines is 2. The quantitative estimate of drug-likeness (QED) is 0.885. The SMILES string of the molecule is CNC(=O)[C@H]1CN(CC(=O)Nc2ccc(C)cc2C)c2ccccc2O1. The summed E-state index contributed by atoms with van der Waals surface area (Å²) in [6, 6.07) is 13.3. The van der Waals surface area contributed by atoms with E-state index in [0.29, 0.717) is 12.3 Å². The van der Waals surface area contributed by atoms with E-state index >= 15 is 0 Å². The highest BCUT2D eigenvalue weighted by molar-refractivity contribution is 5.95. The van der Waals surface area contributed by atoms with E-state index in [1.807, 2.05) is 55.1 Å². The van der Waals surface area contributed by atoms with Crippen LogP contribution in [0.1, 0.15) is 11.1 Å². The van der Waals surface area contributed by atoms with Crippen molar-refractivity contribution in [1.82, 2.24) is 5.32 Å². The van der Waals surface area contributed by atoms with Crippen LogP contribution in [0.25, 0.3) is 0 Å². The Labute approximate surface area is 153 Å². The second kappa shape index (κ2) is 7.47. The van der Waals surface area contributed by atoms with Crippen molar-refractivity contribution in [3.05, 3.63) is 53.6 Å². The molecule has 6 nitrogen and oxygen atoms in total. The Bertz CT molecular complexity index is 835. The first-order chi connectivity index (χ1) is 12.5. The Balaban J connectivity index is 1.76. The third kappa shape index (κ3) is 3.79. The lowest BCUT2D eigenvalue weighted by atomic mass is 10.1. The lowest BCUT2D eigenvalue weighted by molar-refractivity contribution is -0.127. The number of carbonyl (C=O) groups excluding carboxylic acids is 2. The third-order valence-corrected chi connectivity index (χ3v) is 4.39. The molecule has 0 aliphatic carbocycles. The molecule has 2 aromatic rings. The molecule has 1 aliphatic rings. The van der Waals surface area contributed by atoms with Crippen LogP contribution in [-0.4, -0.2) is 38.1 Å². The molecular weight excluding hydrogens is 330 g/mol. The molecule has 6 heteroatoms. The normalized spacial score (nSPS) is 15.7. The van der Waals surface area contributed by atoms with Gasteiger partial charge in [0.15, 0.2) is 6.10 Å². The zero-order valence-electron chi connectivity index (χ0n) is 15.2. The topological polar surface area (TPSA) is 70.7 Å². The highest BCUT2D eigenvalue weighted by atomic mass is 16.5. The first kappa shape index (κ1) is 17.8. The molecule has 2 aromatic carbocycles. The van der Waals surface area contributed by atoms with Crippen LogP contribution in [0.15, 0.2) is 42.5 Å². The number of hydrogen-bond acceptors (Lipinski definition) is 4. The third-order valence-electron chi connectivity index (χ3n) is 4.39. The van der Waals surface area contributed by atoms with Crippen molar-refractivity contribution in [1.29, 1.82) is 0 Å². The minimum Gasteiger partial charge on any atom is -0.477 e. The fourth-order valence-corrected chi connectivity index (χ4v) is 3.07. The number of nitrogens with one attached hydrogen (secondary N) is 2. The van der Waals surface area contributed by atoms with Gasteiger partial charge in [-0.2, -0.15) is 0 Å². The zero-order valence-corrected chi connectivity index (χ0v) is 15.2. The number of ether oxygens (including phenoxy) is 1. The minimum atomic E-state index is -0.649. The van der Waals surface area contributed by atoms with Crippen LogP contribution in [-0.2, 0) is 9.59 Å². The van der Waals surface area contributed by atoms with Gasteiger partial charge in [0.2, 0.25) is 5.91 Å². The van der Waals surface area contributed by atoms with Gasteiger partial charge in [-0.15, -0.1) is 0 Å². The largest absolute Gasteiger partial charge is 0.477 e. The number of aryl methyl sites for hydroxylation is 2. The van der Waals surface area contributed by atoms with Gasteiger partial charge in [0.25, 0.3) is 5.91 Å². The van der Waals surface area contributed by atoms with E-state index in [4.69, 9.17) is 4.74 Å². The molecule has 0 bridgehead atoms. The van der Waals surface area contributed by atoms with Crippen molar-refractivity contribution in [3.8, 4) is 5.75 Å². The number of para-hydroxylation sites is 2. The van der Waals surface area contributed by atoms with E-state index < -0.39 is 6.10 Å². The number of likely N-dealkylation sites (N-methyl/N-ethyl adjacent to an activating group) is 1. The van der Waals surface area contributed by atoms with Crippen LogP contribution in [0, 0.1) is 13.8 Å². The monoisotopic (exact) mass is 353 g/mol. The summed E-state index contributed by atoms with van der Waals surface area (Å²) in [5.74, 6) is 0.260. The van der Waals surface area contributed by atoms with Gasteiger partial charge in [-0.05, 0) is 37.6 Å². The summed E-state index contributed by atoms with van der Waals surface area (Å²) in [6.45, 7) is 4.44. The van der Waals surface area contributed by atoms with Gasteiger partial charge < -0.3 is 20.3 Å². The molecule has 0 fully saturated rings. The minimum absolute atomic E-state index is 0.135. The fourth-order valence-electron chi connectivity index (χ4n) is 3.07. The molecule has 0 radical (unpaired) electrons. The molecule has 26 heavy (non-hydrogen) atoms. The predicted octanol–water partition coefficient (Wildman–Crippen LogP) is 2.26. The fraction of sp³-hybridized carbons (Fsp3) is 0.300. The summed E-state index contributed by atoms with van der Waals surface area (Å²) >= 11 is 0. The number of nitrogens with zero attached hydrogens (tertiary/aromatic N) is 1. The van der Waals surface area contributed by atoms with Gasteiger partial charge in [-0.3, -0.25) is 9.59 Å². The second-order valence-electron chi connectivity index (χ2n) is 6.44. The number of fused-ring (bicyclic) bond motifs is 1. The number of hydrogen-bond donors (Lipinski definition) is 2. The molecule has 1 aliphatic heterocycles. The smallest absolute Gasteiger partial charge is 0.262 e. The van der Waals surface area contributed by atoms with Crippen molar-refractivity contribution in [3.63, 3.8) is 0 Å². The summed E-state index contributed by atoms with van der Waals surface area (Å²) < 4.78 is 5.76. The Hall–Kier alpha value is -3.02. The lowest BCUT2D eigenvalue weighted by Gasteiger charge is -2.35. The van der Waals surface area contributed by atoms with Crippen LogP contribution in [0.2, 0.25) is 0 Å². The standard InChI is InChI=1S/C20H23N3O3/c1-13-8-9-15(14(2)10-13)22-19(24)12-23-11-18(20(25)21-3)26-17-7-5-4-6-16(17)23/h4-10,18H,11-12H2,1-3H3,(H,21,25)(H,22,24)/t18-/m1/s1. The summed E-state index contributed by atoms with van der Waals surface area (Å²) in [5, 5.41) is 5.55. The molecule has 0 unspecified atom stereocenters. The van der Waals surface area contributed by atoms with Crippen LogP contribution >= 0.6 is 0 Å². The average Bonchev–Trinajstić information content (AvgIpc) is 2.63. The zero-order chi connectivity index (χ0) is 18.7. The molecule has 0 saturated heterocycles. The maximum absolute atomic E-state index is 12.6. The summed E-state index contributed by atoms with van der Waals surface area (Å²) in [4.78, 5) is 26.5. The van der Waals surface area contributed by atoms with Crippen LogP contribution in [0.4, 0.5) is 11.4 Å². The van der Waals surface area contributed by atoms with E-state index in [2.05, 4.69) is 10.6 Å². The molecule has 3 rings (SSSR count). The molecule has 0 spiro atoms. The van der Waals surface area contributed by atoms with E-state index in [9.17, 15) is 9.59 Å². The van der Waals surface area contributed by atoms with Crippen LogP contribution < -0.4 is 20.3 Å². The maximum atomic E-state index is 12.6. The molecular formula is C20H23N3O3. The van der Waals surface area contributed by atoms with Gasteiger partial charge in [-0.25, -0.2) is 0 Å². The highest BCUT2D eigenvalue weighted by Gasteiger charge is 2.31. The molecule has 1 atom stereocenters. The van der Waals surface area contributed by atoms with Gasteiger partial charge in [0, 0.05) is 12.7 Å². The summed E-state index contributed by atoms with van der Waals surface area (Å²) in [5.41, 5.74) is 3.77. The van der Waals surface area contributed by atoms with Crippen molar-refractivity contribution in [2.75, 3.05) is 30.4 Å². The lowest BCUT2D eigenvalue weighted by Crippen LogP contribution is -2.50. The summed E-state index contributed by atoms with van der Waals surface area (Å²) in [7, 11) is 1.57. The first-order valence-corrected chi connectivity index (χ1v) is 8.57. The van der Waals surface area contributed by atoms with E-state index in [0.717, 1.165) is 22.5 Å². The van der Waals surface area contributed by atoms with Gasteiger partial charge >= 0.3 is 0 Å². The number of amides is 2. The number of carbonyl (C=O) groups is 2. The Morgan fingerprint density at radius 2 is 1.96 bits per heavy atom. The number of rotatable bonds is 4. The van der Waals surface area contributed by atoms with Crippen molar-refractivity contribution < 1.29 is 14.3 Å². The maximum Gasteiger partial charge on any atom is 0.262 e. The van der Waals surface area contributed by atoms with Gasteiger partial charge in [-0.1, -0.05) is 29.8 Å². The molecule has 1 heterocycles. The molecule has 2 N–H and O–H groups in total. The van der Waals surface area contributed by atoms with Crippen molar-refractivity contribution in [2.45, 2.75) is 20.0 Å². The number of benzene rings is 2. The molecule has 136 valence electrons. The van der Waals surface area contributed by atoms with E-state index in [1.165, 1.54) is 0 Å². The second-order valence-corrected chi connectivity index (χ2v) is 6.44. The summed E-state index contributed by atoms with van der Waals surface area (Å²) in [6.07, 6.45) is -0.649. The Morgan fingerprint density at radius 3 is 2.69 bits per heavy atom. The van der Waals surface area contributed by atoms with E-state index in [1.54, 1.807) is 13.1 Å². The van der Waals surface area contributed by atoms with Crippen molar-refractivity contribution >= 4 is 23.2 Å². The van der Waals surface area contributed by atoms with Crippen molar-refractivity contribution in [2.24, 2.45) is 0 Å². The van der Waals surface area contributed by atoms with Gasteiger partial charge in [0.05, 0.1) is 18.8 Å². The van der Waals surface area contributed by atoms with Crippen LogP contribution in [0.5, 0.6) is 5.75 Å². The van der Waals surface area contributed by atoms with Crippen LogP contribution in [0.3, 0.4) is 0 Å². The Morgan fingerprint density at radius 1 is 1.19 bits per heavy atom. The predicted molar refractivity (Wildman–Crippen MR) is 102 cm³/mol. The van der Waals surface area contributed by atoms with E-state index in [-0.39, 0.29) is 18.4 Å². The average molecular weight is 353 g/mol. The first-order valence-electron chi connectivity index (χ1n) is 8.57. The highest BCUT2D eigenvalue weighted by Crippen LogP contribution is 2.33.